The highest BCUT2D eigenvalue weighted by Crippen LogP contribution is 2.40. The lowest BCUT2D eigenvalue weighted by Crippen LogP contribution is -2.39. The summed E-state index contributed by atoms with van der Waals surface area (Å²) < 4.78 is 1.19. The summed E-state index contributed by atoms with van der Waals surface area (Å²) in [5.41, 5.74) is 6.34. The first-order chi connectivity index (χ1) is 8.52. The molecule has 4 unspecified atom stereocenters. The van der Waals surface area contributed by atoms with E-state index >= 15 is 0 Å². The zero-order valence-corrected chi connectivity index (χ0v) is 13.8. The zero-order chi connectivity index (χ0) is 13.3. The molecule has 1 aromatic heterocycles. The third kappa shape index (κ3) is 3.35. The maximum absolute atomic E-state index is 6.34. The maximum Gasteiger partial charge on any atom is 0.0702 e. The fourth-order valence-corrected chi connectivity index (χ4v) is 4.27. The Hall–Kier alpha value is 0.1000. The van der Waals surface area contributed by atoms with E-state index in [1.54, 1.807) is 0 Å². The maximum atomic E-state index is 6.34. The summed E-state index contributed by atoms with van der Waals surface area (Å²) in [5, 5.41) is 0. The van der Waals surface area contributed by atoms with Crippen LogP contribution >= 0.6 is 27.3 Å². The van der Waals surface area contributed by atoms with Crippen LogP contribution in [0.5, 0.6) is 0 Å². The van der Waals surface area contributed by atoms with Crippen molar-refractivity contribution in [2.24, 2.45) is 17.6 Å². The van der Waals surface area contributed by atoms with Gasteiger partial charge in [-0.15, -0.1) is 11.3 Å². The lowest BCUT2D eigenvalue weighted by atomic mass is 10.0. The van der Waals surface area contributed by atoms with Crippen LogP contribution < -0.4 is 5.73 Å². The first-order valence-electron chi connectivity index (χ1n) is 6.74. The van der Waals surface area contributed by atoms with Crippen LogP contribution in [0, 0.1) is 11.8 Å². The second-order valence-corrected chi connectivity index (χ2v) is 8.07. The van der Waals surface area contributed by atoms with Gasteiger partial charge in [0.2, 0.25) is 0 Å². The Balaban J connectivity index is 2.09. The minimum absolute atomic E-state index is 0.217. The lowest BCUT2D eigenvalue weighted by Gasteiger charge is -2.31. The van der Waals surface area contributed by atoms with E-state index < -0.39 is 0 Å². The molecule has 1 aromatic rings. The highest BCUT2D eigenvalue weighted by Gasteiger charge is 2.36. The summed E-state index contributed by atoms with van der Waals surface area (Å²) in [5.74, 6) is 1.78. The average molecular weight is 331 g/mol. The van der Waals surface area contributed by atoms with Gasteiger partial charge < -0.3 is 5.73 Å². The molecule has 0 amide bonds. The van der Waals surface area contributed by atoms with E-state index in [0.29, 0.717) is 6.04 Å². The highest BCUT2D eigenvalue weighted by molar-refractivity contribution is 9.11. The Morgan fingerprint density at radius 3 is 2.67 bits per heavy atom. The molecule has 18 heavy (non-hydrogen) atoms. The number of hydrogen-bond acceptors (Lipinski definition) is 3. The van der Waals surface area contributed by atoms with E-state index in [-0.39, 0.29) is 6.04 Å². The minimum Gasteiger partial charge on any atom is -0.326 e. The Labute approximate surface area is 123 Å². The molecule has 1 aliphatic rings. The molecule has 0 spiro atoms. The van der Waals surface area contributed by atoms with Gasteiger partial charge in [-0.2, -0.15) is 0 Å². The van der Waals surface area contributed by atoms with Gasteiger partial charge in [0.05, 0.1) is 9.83 Å². The van der Waals surface area contributed by atoms with Crippen molar-refractivity contribution in [3.63, 3.8) is 0 Å². The van der Waals surface area contributed by atoms with Crippen LogP contribution in [0.4, 0.5) is 0 Å². The van der Waals surface area contributed by atoms with Gasteiger partial charge in [-0.25, -0.2) is 0 Å². The van der Waals surface area contributed by atoms with E-state index in [1.165, 1.54) is 21.6 Å². The second-order valence-electron chi connectivity index (χ2n) is 5.57. The SMILES string of the molecule is CCC(N)C(c1ccc(Br)s1)N(C)CC1CC1C. The molecule has 4 atom stereocenters. The van der Waals surface area contributed by atoms with Crippen LogP contribution in [0.1, 0.15) is 37.6 Å². The van der Waals surface area contributed by atoms with E-state index in [0.717, 1.165) is 18.3 Å². The van der Waals surface area contributed by atoms with Crippen molar-refractivity contribution in [3.8, 4) is 0 Å². The molecule has 0 radical (unpaired) electrons. The molecule has 2 rings (SSSR count). The fraction of sp³-hybridized carbons (Fsp3) is 0.714. The predicted octanol–water partition coefficient (Wildman–Crippen LogP) is 3.88. The van der Waals surface area contributed by atoms with Crippen LogP contribution in [-0.4, -0.2) is 24.5 Å². The lowest BCUT2D eigenvalue weighted by molar-refractivity contribution is 0.202. The number of hydrogen-bond donors (Lipinski definition) is 1. The van der Waals surface area contributed by atoms with Crippen molar-refractivity contribution in [1.29, 1.82) is 0 Å². The minimum atomic E-state index is 0.217. The van der Waals surface area contributed by atoms with Gasteiger partial charge in [0.25, 0.3) is 0 Å². The number of nitrogens with zero attached hydrogens (tertiary/aromatic N) is 1. The van der Waals surface area contributed by atoms with E-state index in [4.69, 9.17) is 5.73 Å². The molecule has 2 N–H and O–H groups in total. The summed E-state index contributed by atoms with van der Waals surface area (Å²) in [4.78, 5) is 3.84. The standard InChI is InChI=1S/C14H23BrN2S/c1-4-11(16)14(12-5-6-13(15)18-12)17(3)8-10-7-9(10)2/h5-6,9-11,14H,4,7-8,16H2,1-3H3. The van der Waals surface area contributed by atoms with Gasteiger partial charge >= 0.3 is 0 Å². The molecule has 0 aliphatic heterocycles. The number of halogens is 1. The van der Waals surface area contributed by atoms with Crippen molar-refractivity contribution < 1.29 is 0 Å². The van der Waals surface area contributed by atoms with E-state index in [9.17, 15) is 0 Å². The van der Waals surface area contributed by atoms with Crippen LogP contribution in [0.2, 0.25) is 0 Å². The number of rotatable bonds is 6. The summed E-state index contributed by atoms with van der Waals surface area (Å²) in [6.45, 7) is 5.69. The van der Waals surface area contributed by atoms with Crippen LogP contribution in [0.3, 0.4) is 0 Å². The molecule has 0 bridgehead atoms. The molecular weight excluding hydrogens is 308 g/mol. The highest BCUT2D eigenvalue weighted by atomic mass is 79.9. The van der Waals surface area contributed by atoms with Crippen molar-refractivity contribution in [2.45, 2.75) is 38.8 Å². The fourth-order valence-electron chi connectivity index (χ4n) is 2.60. The van der Waals surface area contributed by atoms with Crippen LogP contribution in [0.15, 0.2) is 15.9 Å². The Kier molecular flexibility index (Phi) is 4.86. The third-order valence-corrected chi connectivity index (χ3v) is 5.73. The largest absolute Gasteiger partial charge is 0.326 e. The van der Waals surface area contributed by atoms with Crippen molar-refractivity contribution in [1.82, 2.24) is 4.90 Å². The molecule has 2 nitrogen and oxygen atoms in total. The molecule has 1 fully saturated rings. The average Bonchev–Trinajstić information content (AvgIpc) is 2.84. The Morgan fingerprint density at radius 1 is 1.56 bits per heavy atom. The molecule has 0 aromatic carbocycles. The summed E-state index contributed by atoms with van der Waals surface area (Å²) in [7, 11) is 2.22. The van der Waals surface area contributed by atoms with Gasteiger partial charge in [0.1, 0.15) is 0 Å². The quantitative estimate of drug-likeness (QED) is 0.857. The molecule has 1 aliphatic carbocycles. The molecule has 1 heterocycles. The predicted molar refractivity (Wildman–Crippen MR) is 82.9 cm³/mol. The van der Waals surface area contributed by atoms with Gasteiger partial charge in [0, 0.05) is 17.5 Å². The van der Waals surface area contributed by atoms with E-state index in [1.807, 2.05) is 11.3 Å². The van der Waals surface area contributed by atoms with Gasteiger partial charge in [-0.1, -0.05) is 13.8 Å². The number of thiophene rings is 1. The van der Waals surface area contributed by atoms with E-state index in [2.05, 4.69) is 53.9 Å². The van der Waals surface area contributed by atoms with Crippen molar-refractivity contribution >= 4 is 27.3 Å². The molecular formula is C14H23BrN2S. The normalized spacial score (nSPS) is 26.3. The third-order valence-electron chi connectivity index (χ3n) is 4.04. The van der Waals surface area contributed by atoms with Crippen LogP contribution in [0.25, 0.3) is 0 Å². The number of nitrogens with two attached hydrogens (primary N) is 1. The smallest absolute Gasteiger partial charge is 0.0702 e. The molecule has 4 heteroatoms. The Bertz CT molecular complexity index is 393. The topological polar surface area (TPSA) is 29.3 Å². The van der Waals surface area contributed by atoms with Crippen LogP contribution in [-0.2, 0) is 0 Å². The van der Waals surface area contributed by atoms with Gasteiger partial charge in [-0.05, 0) is 59.8 Å². The first-order valence-corrected chi connectivity index (χ1v) is 8.35. The molecule has 0 saturated heterocycles. The number of likely N-dealkylation sites (N-methyl/N-ethyl adjacent to an activating group) is 1. The first kappa shape index (κ1) is 14.5. The summed E-state index contributed by atoms with van der Waals surface area (Å²) >= 11 is 5.36. The molecule has 1 saturated carbocycles. The zero-order valence-electron chi connectivity index (χ0n) is 11.4. The molecule has 102 valence electrons. The van der Waals surface area contributed by atoms with Gasteiger partial charge in [-0.3, -0.25) is 4.90 Å². The van der Waals surface area contributed by atoms with Crippen molar-refractivity contribution in [2.75, 3.05) is 13.6 Å². The van der Waals surface area contributed by atoms with Crippen molar-refractivity contribution in [3.05, 3.63) is 20.8 Å². The second kappa shape index (κ2) is 6.04. The Morgan fingerprint density at radius 2 is 2.22 bits per heavy atom. The monoisotopic (exact) mass is 330 g/mol. The van der Waals surface area contributed by atoms with Gasteiger partial charge in [0.15, 0.2) is 0 Å². The summed E-state index contributed by atoms with van der Waals surface area (Å²) in [6, 6.07) is 4.92. The summed E-state index contributed by atoms with van der Waals surface area (Å²) in [6.07, 6.45) is 2.40.